The highest BCUT2D eigenvalue weighted by molar-refractivity contribution is 5.61. The zero-order valence-electron chi connectivity index (χ0n) is 11.9. The molecule has 0 saturated carbocycles. The lowest BCUT2D eigenvalue weighted by molar-refractivity contribution is 0.410. The number of hydrogen-bond acceptors (Lipinski definition) is 4. The average Bonchev–Trinajstić information content (AvgIpc) is 2.57. The minimum Gasteiger partial charge on any atom is -0.497 e. The Bertz CT molecular complexity index is 741. The highest BCUT2D eigenvalue weighted by Gasteiger charge is 2.03. The molecule has 22 heavy (non-hydrogen) atoms. The van der Waals surface area contributed by atoms with E-state index in [2.05, 4.69) is 9.97 Å². The van der Waals surface area contributed by atoms with E-state index in [0.29, 0.717) is 5.75 Å². The van der Waals surface area contributed by atoms with E-state index in [-0.39, 0.29) is 11.8 Å². The molecule has 1 heterocycles. The molecule has 1 aromatic heterocycles. The van der Waals surface area contributed by atoms with Gasteiger partial charge in [-0.1, -0.05) is 12.1 Å². The van der Waals surface area contributed by atoms with E-state index in [4.69, 9.17) is 9.47 Å². The summed E-state index contributed by atoms with van der Waals surface area (Å²) in [4.78, 5) is 8.31. The fourth-order valence-corrected chi connectivity index (χ4v) is 1.91. The molecule has 0 bridgehead atoms. The predicted molar refractivity (Wildman–Crippen MR) is 80.5 cm³/mol. The molecule has 0 fully saturated rings. The average molecular weight is 296 g/mol. The lowest BCUT2D eigenvalue weighted by Crippen LogP contribution is -1.92. The van der Waals surface area contributed by atoms with Gasteiger partial charge in [-0.25, -0.2) is 14.4 Å². The highest BCUT2D eigenvalue weighted by Crippen LogP contribution is 2.23. The van der Waals surface area contributed by atoms with Gasteiger partial charge in [0.1, 0.15) is 17.3 Å². The summed E-state index contributed by atoms with van der Waals surface area (Å²) in [6.07, 6.45) is 3.28. The molecule has 4 nitrogen and oxygen atoms in total. The van der Waals surface area contributed by atoms with Crippen LogP contribution in [0.2, 0.25) is 0 Å². The zero-order chi connectivity index (χ0) is 15.4. The maximum atomic E-state index is 12.9. The molecule has 0 atom stereocenters. The van der Waals surface area contributed by atoms with Crippen molar-refractivity contribution in [2.45, 2.75) is 0 Å². The molecule has 2 aromatic carbocycles. The van der Waals surface area contributed by atoms with Crippen LogP contribution in [0.15, 0.2) is 60.9 Å². The Labute approximate surface area is 127 Å². The van der Waals surface area contributed by atoms with E-state index in [1.54, 1.807) is 55.9 Å². The first-order valence-corrected chi connectivity index (χ1v) is 6.64. The standard InChI is InChI=1S/C17H13FN2O2/c1-21-15-6-8-16(9-7-15)22-17-19-10-13(11-20-17)12-2-4-14(18)5-3-12/h2-11H,1H3. The fourth-order valence-electron chi connectivity index (χ4n) is 1.91. The van der Waals surface area contributed by atoms with Crippen molar-refractivity contribution in [1.29, 1.82) is 0 Å². The summed E-state index contributed by atoms with van der Waals surface area (Å²) in [5.41, 5.74) is 1.64. The summed E-state index contributed by atoms with van der Waals surface area (Å²) >= 11 is 0. The van der Waals surface area contributed by atoms with Crippen LogP contribution in [0.1, 0.15) is 0 Å². The second-order valence-electron chi connectivity index (χ2n) is 4.54. The van der Waals surface area contributed by atoms with E-state index in [1.165, 1.54) is 12.1 Å². The van der Waals surface area contributed by atoms with Crippen molar-refractivity contribution in [3.05, 3.63) is 66.7 Å². The van der Waals surface area contributed by atoms with E-state index in [9.17, 15) is 4.39 Å². The third-order valence-electron chi connectivity index (χ3n) is 3.07. The van der Waals surface area contributed by atoms with E-state index >= 15 is 0 Å². The number of halogens is 1. The van der Waals surface area contributed by atoms with Crippen molar-refractivity contribution in [2.75, 3.05) is 7.11 Å². The first kappa shape index (κ1) is 14.0. The van der Waals surface area contributed by atoms with E-state index in [0.717, 1.165) is 16.9 Å². The zero-order valence-corrected chi connectivity index (χ0v) is 11.9. The monoisotopic (exact) mass is 296 g/mol. The minimum absolute atomic E-state index is 0.246. The molecule has 0 radical (unpaired) electrons. The normalized spacial score (nSPS) is 10.3. The second-order valence-corrected chi connectivity index (χ2v) is 4.54. The summed E-state index contributed by atoms with van der Waals surface area (Å²) in [6, 6.07) is 13.5. The van der Waals surface area contributed by atoms with Gasteiger partial charge in [0.2, 0.25) is 0 Å². The number of nitrogens with zero attached hydrogens (tertiary/aromatic N) is 2. The quantitative estimate of drug-likeness (QED) is 0.727. The van der Waals surface area contributed by atoms with Crippen molar-refractivity contribution in [2.24, 2.45) is 0 Å². The van der Waals surface area contributed by atoms with Crippen LogP contribution in [0.25, 0.3) is 11.1 Å². The molecule has 0 unspecified atom stereocenters. The lowest BCUT2D eigenvalue weighted by atomic mass is 10.1. The van der Waals surface area contributed by atoms with Crippen LogP contribution in [0.4, 0.5) is 4.39 Å². The Balaban J connectivity index is 1.74. The molecule has 0 spiro atoms. The molecule has 0 N–H and O–H groups in total. The Hall–Kier alpha value is -2.95. The van der Waals surface area contributed by atoms with Gasteiger partial charge in [0.25, 0.3) is 0 Å². The van der Waals surface area contributed by atoms with Gasteiger partial charge in [-0.15, -0.1) is 0 Å². The summed E-state index contributed by atoms with van der Waals surface area (Å²) in [5, 5.41) is 0. The maximum absolute atomic E-state index is 12.9. The predicted octanol–water partition coefficient (Wildman–Crippen LogP) is 4.08. The number of aromatic nitrogens is 2. The number of methoxy groups -OCH3 is 1. The molecule has 0 aliphatic heterocycles. The van der Waals surface area contributed by atoms with Crippen LogP contribution < -0.4 is 9.47 Å². The highest BCUT2D eigenvalue weighted by atomic mass is 19.1. The van der Waals surface area contributed by atoms with Crippen LogP contribution in [-0.2, 0) is 0 Å². The number of rotatable bonds is 4. The Morgan fingerprint density at radius 3 is 1.95 bits per heavy atom. The molecule has 0 saturated heterocycles. The Morgan fingerprint density at radius 1 is 0.773 bits per heavy atom. The molecule has 5 heteroatoms. The number of benzene rings is 2. The second kappa shape index (κ2) is 6.22. The van der Waals surface area contributed by atoms with Crippen LogP contribution >= 0.6 is 0 Å². The van der Waals surface area contributed by atoms with Gasteiger partial charge >= 0.3 is 6.01 Å². The minimum atomic E-state index is -0.274. The summed E-state index contributed by atoms with van der Waals surface area (Å²) in [5.74, 6) is 1.10. The Morgan fingerprint density at radius 2 is 1.36 bits per heavy atom. The molecule has 110 valence electrons. The van der Waals surface area contributed by atoms with Crippen LogP contribution in [0.5, 0.6) is 17.5 Å². The summed E-state index contributed by atoms with van der Waals surface area (Å²) < 4.78 is 23.5. The lowest BCUT2D eigenvalue weighted by Gasteiger charge is -2.06. The molecular formula is C17H13FN2O2. The SMILES string of the molecule is COc1ccc(Oc2ncc(-c3ccc(F)cc3)cn2)cc1. The van der Waals surface area contributed by atoms with Gasteiger partial charge < -0.3 is 9.47 Å². The van der Waals surface area contributed by atoms with E-state index < -0.39 is 0 Å². The molecule has 0 aliphatic carbocycles. The van der Waals surface area contributed by atoms with Crippen LogP contribution in [0, 0.1) is 5.82 Å². The van der Waals surface area contributed by atoms with Crippen molar-refractivity contribution in [1.82, 2.24) is 9.97 Å². The first-order chi connectivity index (χ1) is 10.7. The van der Waals surface area contributed by atoms with Gasteiger partial charge in [0.05, 0.1) is 7.11 Å². The van der Waals surface area contributed by atoms with Crippen molar-refractivity contribution >= 4 is 0 Å². The first-order valence-electron chi connectivity index (χ1n) is 6.64. The van der Waals surface area contributed by atoms with Crippen molar-refractivity contribution in [3.63, 3.8) is 0 Å². The fraction of sp³-hybridized carbons (Fsp3) is 0.0588. The topological polar surface area (TPSA) is 44.2 Å². The third kappa shape index (κ3) is 3.20. The molecular weight excluding hydrogens is 283 g/mol. The van der Waals surface area contributed by atoms with Crippen molar-refractivity contribution < 1.29 is 13.9 Å². The van der Waals surface area contributed by atoms with Crippen molar-refractivity contribution in [3.8, 4) is 28.6 Å². The molecule has 3 aromatic rings. The molecule has 3 rings (SSSR count). The maximum Gasteiger partial charge on any atom is 0.321 e. The van der Waals surface area contributed by atoms with Crippen LogP contribution in [-0.4, -0.2) is 17.1 Å². The molecule has 0 aliphatic rings. The van der Waals surface area contributed by atoms with Gasteiger partial charge in [-0.3, -0.25) is 0 Å². The smallest absolute Gasteiger partial charge is 0.321 e. The van der Waals surface area contributed by atoms with E-state index in [1.807, 2.05) is 0 Å². The summed E-state index contributed by atoms with van der Waals surface area (Å²) in [6.45, 7) is 0. The van der Waals surface area contributed by atoms with Gasteiger partial charge in [0.15, 0.2) is 0 Å². The third-order valence-corrected chi connectivity index (χ3v) is 3.07. The van der Waals surface area contributed by atoms with Gasteiger partial charge in [-0.05, 0) is 42.0 Å². The Kier molecular flexibility index (Phi) is 3.96. The summed E-state index contributed by atoms with van der Waals surface area (Å²) in [7, 11) is 1.60. The van der Waals surface area contributed by atoms with Gasteiger partial charge in [0, 0.05) is 18.0 Å². The largest absolute Gasteiger partial charge is 0.497 e. The number of ether oxygens (including phenoxy) is 2. The van der Waals surface area contributed by atoms with Gasteiger partial charge in [-0.2, -0.15) is 0 Å². The number of hydrogen-bond donors (Lipinski definition) is 0. The molecule has 0 amide bonds. The van der Waals surface area contributed by atoms with Crippen LogP contribution in [0.3, 0.4) is 0 Å².